The Morgan fingerprint density at radius 1 is 1.05 bits per heavy atom. The van der Waals surface area contributed by atoms with Crippen LogP contribution in [0.15, 0.2) is 30.3 Å². The molecule has 2 aromatic rings. The summed E-state index contributed by atoms with van der Waals surface area (Å²) in [5.74, 6) is 2.16. The van der Waals surface area contributed by atoms with Gasteiger partial charge in [0, 0.05) is 23.9 Å². The van der Waals surface area contributed by atoms with E-state index in [4.69, 9.17) is 15.2 Å². The van der Waals surface area contributed by atoms with E-state index >= 15 is 0 Å². The molecule has 0 aliphatic heterocycles. The topological polar surface area (TPSA) is 69.4 Å². The van der Waals surface area contributed by atoms with Crippen molar-refractivity contribution in [3.8, 4) is 11.5 Å². The number of hydrogen-bond donors (Lipinski definition) is 2. The zero-order valence-electron chi connectivity index (χ0n) is 11.2. The van der Waals surface area contributed by atoms with Gasteiger partial charge in [-0.2, -0.15) is 0 Å². The second kappa shape index (κ2) is 5.48. The van der Waals surface area contributed by atoms with Gasteiger partial charge in [-0.1, -0.05) is 0 Å². The predicted molar refractivity (Wildman–Crippen MR) is 76.2 cm³/mol. The molecule has 2 rings (SSSR count). The smallest absolute Gasteiger partial charge is 0.130 e. The molecule has 0 fully saturated rings. The van der Waals surface area contributed by atoms with Gasteiger partial charge >= 0.3 is 0 Å². The van der Waals surface area contributed by atoms with E-state index in [1.165, 1.54) is 0 Å². The van der Waals surface area contributed by atoms with Crippen molar-refractivity contribution in [2.75, 3.05) is 25.3 Å². The third kappa shape index (κ3) is 3.07. The summed E-state index contributed by atoms with van der Waals surface area (Å²) in [6, 6.07) is 9.20. The van der Waals surface area contributed by atoms with Crippen LogP contribution in [-0.4, -0.2) is 19.2 Å². The number of hydrogen-bond acceptors (Lipinski definition) is 5. The molecule has 100 valence electrons. The van der Waals surface area contributed by atoms with Crippen molar-refractivity contribution in [1.29, 1.82) is 0 Å². The number of pyridine rings is 1. The Hall–Kier alpha value is -2.43. The lowest BCUT2D eigenvalue weighted by Gasteiger charge is -2.11. The molecule has 1 heterocycles. The molecule has 5 heteroatoms. The largest absolute Gasteiger partial charge is 0.497 e. The second-order valence-corrected chi connectivity index (χ2v) is 4.10. The fraction of sp³-hybridized carbons (Fsp3) is 0.214. The van der Waals surface area contributed by atoms with Gasteiger partial charge in [-0.3, -0.25) is 0 Å². The summed E-state index contributed by atoms with van der Waals surface area (Å²) in [5, 5.41) is 3.19. The first-order valence-electron chi connectivity index (χ1n) is 5.85. The van der Waals surface area contributed by atoms with Crippen molar-refractivity contribution in [2.24, 2.45) is 0 Å². The molecule has 5 nitrogen and oxygen atoms in total. The van der Waals surface area contributed by atoms with Gasteiger partial charge in [0.1, 0.15) is 17.3 Å². The van der Waals surface area contributed by atoms with Crippen LogP contribution in [0.3, 0.4) is 0 Å². The maximum Gasteiger partial charge on any atom is 0.130 e. The summed E-state index contributed by atoms with van der Waals surface area (Å²) in [4.78, 5) is 4.36. The average molecular weight is 259 g/mol. The Bertz CT molecular complexity index is 563. The van der Waals surface area contributed by atoms with Crippen molar-refractivity contribution in [2.45, 2.75) is 6.92 Å². The standard InChI is InChI=1S/C14H17N3O2/c1-9-13(15)4-5-14(16-9)17-10-6-11(18-2)8-12(7-10)19-3/h4-8H,15H2,1-3H3,(H,16,17). The molecule has 1 aromatic heterocycles. The van der Waals surface area contributed by atoms with Crippen molar-refractivity contribution in [1.82, 2.24) is 4.98 Å². The van der Waals surface area contributed by atoms with E-state index in [-0.39, 0.29) is 0 Å². The Balaban J connectivity index is 2.29. The highest BCUT2D eigenvalue weighted by Gasteiger charge is 2.04. The van der Waals surface area contributed by atoms with E-state index in [0.717, 1.165) is 17.2 Å². The highest BCUT2D eigenvalue weighted by Crippen LogP contribution is 2.27. The van der Waals surface area contributed by atoms with E-state index in [1.807, 2.05) is 37.3 Å². The summed E-state index contributed by atoms with van der Waals surface area (Å²) < 4.78 is 10.4. The predicted octanol–water partition coefficient (Wildman–Crippen LogP) is 2.73. The monoisotopic (exact) mass is 259 g/mol. The summed E-state index contributed by atoms with van der Waals surface area (Å²) >= 11 is 0. The summed E-state index contributed by atoms with van der Waals surface area (Å²) in [7, 11) is 3.23. The summed E-state index contributed by atoms with van der Waals surface area (Å²) in [5.41, 5.74) is 8.05. The van der Waals surface area contributed by atoms with Crippen LogP contribution in [0.2, 0.25) is 0 Å². The van der Waals surface area contributed by atoms with Crippen LogP contribution >= 0.6 is 0 Å². The normalized spacial score (nSPS) is 10.1. The van der Waals surface area contributed by atoms with Gasteiger partial charge in [-0.25, -0.2) is 4.98 Å². The lowest BCUT2D eigenvalue weighted by atomic mass is 10.2. The first kappa shape index (κ1) is 13.0. The molecule has 0 atom stereocenters. The minimum Gasteiger partial charge on any atom is -0.497 e. The molecule has 0 spiro atoms. The third-order valence-electron chi connectivity index (χ3n) is 2.75. The second-order valence-electron chi connectivity index (χ2n) is 4.10. The number of nitrogens with one attached hydrogen (secondary N) is 1. The van der Waals surface area contributed by atoms with Gasteiger partial charge in [0.2, 0.25) is 0 Å². The minimum absolute atomic E-state index is 0.675. The summed E-state index contributed by atoms with van der Waals surface area (Å²) in [6.07, 6.45) is 0. The molecule has 1 aromatic carbocycles. The molecule has 0 radical (unpaired) electrons. The van der Waals surface area contributed by atoms with E-state index < -0.39 is 0 Å². The number of nitrogens with zero attached hydrogens (tertiary/aromatic N) is 1. The van der Waals surface area contributed by atoms with Gasteiger partial charge in [-0.15, -0.1) is 0 Å². The molecule has 0 saturated carbocycles. The lowest BCUT2D eigenvalue weighted by Crippen LogP contribution is -1.99. The highest BCUT2D eigenvalue weighted by atomic mass is 16.5. The summed E-state index contributed by atoms with van der Waals surface area (Å²) in [6.45, 7) is 1.87. The number of anilines is 3. The van der Waals surface area contributed by atoms with Crippen molar-refractivity contribution in [3.05, 3.63) is 36.0 Å². The lowest BCUT2D eigenvalue weighted by molar-refractivity contribution is 0.395. The number of nitrogens with two attached hydrogens (primary N) is 1. The van der Waals surface area contributed by atoms with Gasteiger partial charge in [0.15, 0.2) is 0 Å². The van der Waals surface area contributed by atoms with Crippen LogP contribution in [-0.2, 0) is 0 Å². The molecule has 0 aliphatic carbocycles. The van der Waals surface area contributed by atoms with Crippen LogP contribution in [0.25, 0.3) is 0 Å². The van der Waals surface area contributed by atoms with Gasteiger partial charge in [-0.05, 0) is 19.1 Å². The molecule has 19 heavy (non-hydrogen) atoms. The number of nitrogen functional groups attached to an aromatic ring is 1. The number of ether oxygens (including phenoxy) is 2. The number of methoxy groups -OCH3 is 2. The van der Waals surface area contributed by atoms with Gasteiger partial charge in [0.05, 0.1) is 25.6 Å². The molecular weight excluding hydrogens is 242 g/mol. The molecule has 0 aliphatic rings. The Kier molecular flexibility index (Phi) is 3.75. The van der Waals surface area contributed by atoms with E-state index in [1.54, 1.807) is 14.2 Å². The van der Waals surface area contributed by atoms with Crippen molar-refractivity contribution in [3.63, 3.8) is 0 Å². The first-order valence-corrected chi connectivity index (χ1v) is 5.85. The number of rotatable bonds is 4. The zero-order chi connectivity index (χ0) is 13.8. The SMILES string of the molecule is COc1cc(Nc2ccc(N)c(C)n2)cc(OC)c1. The van der Waals surface area contributed by atoms with E-state index in [9.17, 15) is 0 Å². The van der Waals surface area contributed by atoms with Gasteiger partial charge < -0.3 is 20.5 Å². The Morgan fingerprint density at radius 2 is 1.68 bits per heavy atom. The molecule has 0 saturated heterocycles. The number of aromatic nitrogens is 1. The van der Waals surface area contributed by atoms with E-state index in [0.29, 0.717) is 17.2 Å². The molecular formula is C14H17N3O2. The van der Waals surface area contributed by atoms with Crippen molar-refractivity contribution < 1.29 is 9.47 Å². The van der Waals surface area contributed by atoms with Crippen molar-refractivity contribution >= 4 is 17.2 Å². The van der Waals surface area contributed by atoms with Crippen LogP contribution in [0.4, 0.5) is 17.2 Å². The molecule has 0 amide bonds. The Labute approximate surface area is 112 Å². The van der Waals surface area contributed by atoms with Crippen LogP contribution in [0.1, 0.15) is 5.69 Å². The van der Waals surface area contributed by atoms with Crippen LogP contribution in [0.5, 0.6) is 11.5 Å². The highest BCUT2D eigenvalue weighted by molar-refractivity contribution is 5.62. The maximum absolute atomic E-state index is 5.74. The maximum atomic E-state index is 5.74. The minimum atomic E-state index is 0.675. The van der Waals surface area contributed by atoms with Crippen LogP contribution in [0, 0.1) is 6.92 Å². The number of aryl methyl sites for hydroxylation is 1. The average Bonchev–Trinajstić information content (AvgIpc) is 2.42. The first-order chi connectivity index (χ1) is 9.12. The van der Waals surface area contributed by atoms with E-state index in [2.05, 4.69) is 10.3 Å². The van der Waals surface area contributed by atoms with Crippen LogP contribution < -0.4 is 20.5 Å². The zero-order valence-corrected chi connectivity index (χ0v) is 11.2. The van der Waals surface area contributed by atoms with Gasteiger partial charge in [0.25, 0.3) is 0 Å². The fourth-order valence-electron chi connectivity index (χ4n) is 1.67. The third-order valence-corrected chi connectivity index (χ3v) is 2.75. The molecule has 0 bridgehead atoms. The number of benzene rings is 1. The quantitative estimate of drug-likeness (QED) is 0.883. The fourth-order valence-corrected chi connectivity index (χ4v) is 1.67. The Morgan fingerprint density at radius 3 is 2.21 bits per heavy atom. The molecule has 0 unspecified atom stereocenters. The molecule has 3 N–H and O–H groups in total.